The van der Waals surface area contributed by atoms with E-state index in [0.29, 0.717) is 64.2 Å². The van der Waals surface area contributed by atoms with Crippen molar-refractivity contribution in [2.45, 2.75) is 6.42 Å². The van der Waals surface area contributed by atoms with Crippen molar-refractivity contribution in [2.24, 2.45) is 0 Å². The number of rotatable bonds is 0. The van der Waals surface area contributed by atoms with Crippen LogP contribution in [0.2, 0.25) is 0 Å². The highest BCUT2D eigenvalue weighted by Crippen LogP contribution is 2.39. The van der Waals surface area contributed by atoms with Gasteiger partial charge in [0.05, 0.1) is 26.4 Å². The van der Waals surface area contributed by atoms with E-state index in [1.54, 1.807) is 0 Å². The Labute approximate surface area is 210 Å². The third-order valence-electron chi connectivity index (χ3n) is 6.07. The minimum Gasteiger partial charge on any atom is -0.504 e. The van der Waals surface area contributed by atoms with E-state index in [-0.39, 0.29) is 5.75 Å². The summed E-state index contributed by atoms with van der Waals surface area (Å²) in [6, 6.07) is 21.8. The summed E-state index contributed by atoms with van der Waals surface area (Å²) in [5, 5.41) is 15.0. The quantitative estimate of drug-likeness (QED) is 0.323. The van der Waals surface area contributed by atoms with Crippen molar-refractivity contribution < 1.29 is 28.8 Å². The molecule has 0 spiro atoms. The van der Waals surface area contributed by atoms with Crippen molar-refractivity contribution in [3.05, 3.63) is 84.4 Å². The van der Waals surface area contributed by atoms with Crippen LogP contribution >= 0.6 is 0 Å². The summed E-state index contributed by atoms with van der Waals surface area (Å²) in [4.78, 5) is 0. The Balaban J connectivity index is 1.43. The SMILES string of the molecule is C=C1COc2cc(c3ccccc3c2)OCCOCCOCCOc2c(O)c(cc3ccccc23)C1. The van der Waals surface area contributed by atoms with E-state index in [9.17, 15) is 5.11 Å². The van der Waals surface area contributed by atoms with Gasteiger partial charge in [-0.25, -0.2) is 0 Å². The molecule has 1 N–H and O–H groups in total. The van der Waals surface area contributed by atoms with Crippen LogP contribution in [0.4, 0.5) is 0 Å². The van der Waals surface area contributed by atoms with E-state index < -0.39 is 0 Å². The average Bonchev–Trinajstić information content (AvgIpc) is 2.89. The highest BCUT2D eigenvalue weighted by atomic mass is 16.6. The van der Waals surface area contributed by atoms with Crippen LogP contribution in [0, 0.1) is 0 Å². The number of hydrogen-bond donors (Lipinski definition) is 1. The van der Waals surface area contributed by atoms with Gasteiger partial charge in [-0.05, 0) is 28.5 Å². The molecule has 4 aromatic rings. The van der Waals surface area contributed by atoms with Crippen LogP contribution in [0.5, 0.6) is 23.0 Å². The van der Waals surface area contributed by atoms with Gasteiger partial charge in [0, 0.05) is 28.8 Å². The summed E-state index contributed by atoms with van der Waals surface area (Å²) in [5.41, 5.74) is 1.57. The first kappa shape index (κ1) is 24.0. The van der Waals surface area contributed by atoms with Gasteiger partial charge in [-0.2, -0.15) is 0 Å². The largest absolute Gasteiger partial charge is 0.504 e. The Morgan fingerprint density at radius 2 is 1.31 bits per heavy atom. The van der Waals surface area contributed by atoms with Gasteiger partial charge in [-0.15, -0.1) is 0 Å². The highest BCUT2D eigenvalue weighted by molar-refractivity contribution is 5.92. The van der Waals surface area contributed by atoms with E-state index in [1.165, 1.54) is 0 Å². The van der Waals surface area contributed by atoms with Gasteiger partial charge in [-0.1, -0.05) is 55.1 Å². The molecule has 4 aromatic carbocycles. The van der Waals surface area contributed by atoms with Crippen LogP contribution in [0.25, 0.3) is 21.5 Å². The molecule has 6 nitrogen and oxygen atoms in total. The molecule has 0 saturated heterocycles. The molecule has 0 atom stereocenters. The lowest BCUT2D eigenvalue weighted by Crippen LogP contribution is -2.14. The Bertz CT molecular complexity index is 1360. The fraction of sp³-hybridized carbons (Fsp3) is 0.267. The van der Waals surface area contributed by atoms with E-state index in [4.69, 9.17) is 23.7 Å². The third kappa shape index (κ3) is 5.56. The number of ether oxygens (including phenoxy) is 5. The molecule has 0 saturated carbocycles. The minimum atomic E-state index is 0.119. The van der Waals surface area contributed by atoms with Crippen LogP contribution in [-0.2, 0) is 15.9 Å². The molecule has 0 amide bonds. The van der Waals surface area contributed by atoms with Crippen LogP contribution < -0.4 is 14.2 Å². The zero-order valence-electron chi connectivity index (χ0n) is 20.2. The molecule has 0 fully saturated rings. The van der Waals surface area contributed by atoms with Gasteiger partial charge in [0.15, 0.2) is 11.5 Å². The summed E-state index contributed by atoms with van der Waals surface area (Å²) in [5.74, 6) is 2.02. The van der Waals surface area contributed by atoms with E-state index in [1.807, 2.05) is 66.7 Å². The van der Waals surface area contributed by atoms with Crippen LogP contribution in [-0.4, -0.2) is 51.4 Å². The summed E-state index contributed by atoms with van der Waals surface area (Å²) in [6.07, 6.45) is 0.456. The molecule has 0 aromatic heterocycles. The maximum atomic E-state index is 11.1. The second-order valence-electron chi connectivity index (χ2n) is 8.71. The molecule has 0 radical (unpaired) electrons. The molecule has 1 aliphatic rings. The molecule has 1 aliphatic heterocycles. The van der Waals surface area contributed by atoms with Gasteiger partial charge in [-0.3, -0.25) is 0 Å². The predicted octanol–water partition coefficient (Wildman–Crippen LogP) is 5.68. The average molecular weight is 487 g/mol. The lowest BCUT2D eigenvalue weighted by molar-refractivity contribution is 0.0274. The summed E-state index contributed by atoms with van der Waals surface area (Å²) in [7, 11) is 0. The fourth-order valence-corrected chi connectivity index (χ4v) is 4.33. The van der Waals surface area contributed by atoms with Crippen LogP contribution in [0.3, 0.4) is 0 Å². The standard InChI is InChI=1S/C30H30O6/c1-21-16-24-17-22-6-3-5-9-27(22)30(29(24)31)35-15-13-33-11-10-32-12-14-34-28-19-25(36-20-21)18-23-7-2-4-8-26(23)28/h2-9,17-19,31H,1,10-16,20H2. The van der Waals surface area contributed by atoms with Crippen molar-refractivity contribution in [2.75, 3.05) is 46.2 Å². The normalized spacial score (nSPS) is 16.1. The fourth-order valence-electron chi connectivity index (χ4n) is 4.33. The molecular formula is C30H30O6. The van der Waals surface area contributed by atoms with Gasteiger partial charge >= 0.3 is 0 Å². The molecule has 4 bridgehead atoms. The van der Waals surface area contributed by atoms with Crippen molar-refractivity contribution in [3.8, 4) is 23.0 Å². The topological polar surface area (TPSA) is 66.4 Å². The predicted molar refractivity (Wildman–Crippen MR) is 141 cm³/mol. The summed E-state index contributed by atoms with van der Waals surface area (Å²) in [6.45, 7) is 6.98. The van der Waals surface area contributed by atoms with Crippen LogP contribution in [0.1, 0.15) is 5.56 Å². The second kappa shape index (κ2) is 11.3. The molecule has 5 rings (SSSR count). The monoisotopic (exact) mass is 486 g/mol. The molecule has 186 valence electrons. The number of phenols is 1. The molecular weight excluding hydrogens is 456 g/mol. The minimum absolute atomic E-state index is 0.119. The van der Waals surface area contributed by atoms with Crippen molar-refractivity contribution in [1.29, 1.82) is 0 Å². The van der Waals surface area contributed by atoms with Gasteiger partial charge in [0.2, 0.25) is 0 Å². The molecule has 1 heterocycles. The van der Waals surface area contributed by atoms with Gasteiger partial charge in [0.25, 0.3) is 0 Å². The summed E-state index contributed by atoms with van der Waals surface area (Å²) >= 11 is 0. The van der Waals surface area contributed by atoms with Gasteiger partial charge in [0.1, 0.15) is 31.3 Å². The first-order valence-corrected chi connectivity index (χ1v) is 12.2. The lowest BCUT2D eigenvalue weighted by atomic mass is 10.00. The molecule has 36 heavy (non-hydrogen) atoms. The lowest BCUT2D eigenvalue weighted by Gasteiger charge is -2.17. The Morgan fingerprint density at radius 1 is 0.667 bits per heavy atom. The smallest absolute Gasteiger partial charge is 0.169 e. The second-order valence-corrected chi connectivity index (χ2v) is 8.71. The zero-order valence-corrected chi connectivity index (χ0v) is 20.2. The number of fused-ring (bicyclic) bond motifs is 8. The maximum Gasteiger partial charge on any atom is 0.169 e. The maximum absolute atomic E-state index is 11.1. The molecule has 0 unspecified atom stereocenters. The Morgan fingerprint density at radius 3 is 2.08 bits per heavy atom. The van der Waals surface area contributed by atoms with E-state index >= 15 is 0 Å². The molecule has 0 aliphatic carbocycles. The first-order valence-electron chi connectivity index (χ1n) is 12.2. The van der Waals surface area contributed by atoms with Crippen LogP contribution in [0.15, 0.2) is 78.9 Å². The Hall–Kier alpha value is -3.74. The Kier molecular flexibility index (Phi) is 7.55. The van der Waals surface area contributed by atoms with Crippen molar-refractivity contribution in [1.82, 2.24) is 0 Å². The number of aromatic hydroxyl groups is 1. The number of hydrogen-bond acceptors (Lipinski definition) is 6. The zero-order chi connectivity index (χ0) is 24.7. The number of benzene rings is 4. The van der Waals surface area contributed by atoms with E-state index in [0.717, 1.165) is 38.4 Å². The third-order valence-corrected chi connectivity index (χ3v) is 6.07. The van der Waals surface area contributed by atoms with Gasteiger partial charge < -0.3 is 28.8 Å². The molecule has 6 heteroatoms. The van der Waals surface area contributed by atoms with E-state index in [2.05, 4.69) is 6.58 Å². The summed E-state index contributed by atoms with van der Waals surface area (Å²) < 4.78 is 29.4. The highest BCUT2D eigenvalue weighted by Gasteiger charge is 2.16. The van der Waals surface area contributed by atoms with Crippen molar-refractivity contribution >= 4 is 21.5 Å². The van der Waals surface area contributed by atoms with Crippen molar-refractivity contribution in [3.63, 3.8) is 0 Å². The number of phenolic OH excluding ortho intramolecular Hbond substituents is 1. The first-order chi connectivity index (χ1) is 17.7.